The number of anilines is 1. The molecule has 2 aromatic carbocycles. The van der Waals surface area contributed by atoms with Crippen LogP contribution in [0.4, 0.5) is 5.69 Å². The Labute approximate surface area is 122 Å². The van der Waals surface area contributed by atoms with Crippen molar-refractivity contribution >= 4 is 11.7 Å². The minimum atomic E-state index is -0.403. The second kappa shape index (κ2) is 5.71. The first kappa shape index (κ1) is 13.2. The van der Waals surface area contributed by atoms with E-state index in [1.54, 1.807) is 24.3 Å². The topological polar surface area (TPSA) is 58.6 Å². The number of ether oxygens (including phenoxy) is 1. The molecule has 0 aromatic heterocycles. The molecule has 0 spiro atoms. The zero-order valence-electron chi connectivity index (χ0n) is 11.3. The zero-order valence-corrected chi connectivity index (χ0v) is 11.3. The van der Waals surface area contributed by atoms with Crippen molar-refractivity contribution in [1.29, 1.82) is 0 Å². The third-order valence-corrected chi connectivity index (χ3v) is 3.38. The molecule has 21 heavy (non-hydrogen) atoms. The maximum atomic E-state index is 11.3. The van der Waals surface area contributed by atoms with E-state index in [2.05, 4.69) is 5.32 Å². The first-order valence-corrected chi connectivity index (χ1v) is 6.72. The monoisotopic (exact) mass is 281 g/mol. The summed E-state index contributed by atoms with van der Waals surface area (Å²) in [5.41, 5.74) is 1.58. The molecule has 0 bridgehead atoms. The third kappa shape index (κ3) is 2.89. The summed E-state index contributed by atoms with van der Waals surface area (Å²) in [6, 6.07) is 16.4. The van der Waals surface area contributed by atoms with E-state index in [0.29, 0.717) is 5.69 Å². The molecule has 0 amide bonds. The van der Waals surface area contributed by atoms with Crippen molar-refractivity contribution in [2.75, 3.05) is 5.32 Å². The zero-order chi connectivity index (χ0) is 14.7. The first-order valence-electron chi connectivity index (χ1n) is 6.72. The highest BCUT2D eigenvalue weighted by atomic mass is 16.5. The number of nitrogens with one attached hydrogen (secondary N) is 1. The fraction of sp³-hybridized carbons (Fsp3) is 0.118. The Morgan fingerprint density at radius 2 is 1.76 bits per heavy atom. The van der Waals surface area contributed by atoms with Gasteiger partial charge in [0.25, 0.3) is 0 Å². The Kier molecular flexibility index (Phi) is 3.60. The number of rotatable bonds is 4. The maximum absolute atomic E-state index is 11.3. The molecule has 106 valence electrons. The van der Waals surface area contributed by atoms with Gasteiger partial charge in [-0.1, -0.05) is 42.5 Å². The van der Waals surface area contributed by atoms with Gasteiger partial charge in [-0.15, -0.1) is 0 Å². The number of hydrogen-bond acceptors (Lipinski definition) is 4. The minimum Gasteiger partial charge on any atom is -0.506 e. The second-order valence-corrected chi connectivity index (χ2v) is 4.81. The van der Waals surface area contributed by atoms with Crippen molar-refractivity contribution in [3.63, 3.8) is 0 Å². The molecule has 3 rings (SSSR count). The third-order valence-electron chi connectivity index (χ3n) is 3.38. The standard InChI is InChI=1S/C17H15NO3/c19-14-9-5-4-8-13(14)18-17(12-6-2-1-3-7-12)15-10-11-16(20)21-15/h1-11,15,17-19H. The summed E-state index contributed by atoms with van der Waals surface area (Å²) in [6.45, 7) is 0. The number of benzene rings is 2. The number of para-hydroxylation sites is 2. The van der Waals surface area contributed by atoms with Crippen LogP contribution < -0.4 is 5.32 Å². The van der Waals surface area contributed by atoms with Crippen LogP contribution in [0.3, 0.4) is 0 Å². The molecule has 2 atom stereocenters. The second-order valence-electron chi connectivity index (χ2n) is 4.81. The van der Waals surface area contributed by atoms with Crippen LogP contribution in [-0.2, 0) is 9.53 Å². The van der Waals surface area contributed by atoms with E-state index < -0.39 is 6.10 Å². The van der Waals surface area contributed by atoms with Gasteiger partial charge >= 0.3 is 5.97 Å². The highest BCUT2D eigenvalue weighted by Gasteiger charge is 2.28. The average molecular weight is 281 g/mol. The van der Waals surface area contributed by atoms with Gasteiger partial charge in [-0.3, -0.25) is 0 Å². The normalized spacial score (nSPS) is 18.3. The summed E-state index contributed by atoms with van der Waals surface area (Å²) in [5, 5.41) is 13.2. The molecule has 1 aliphatic heterocycles. The summed E-state index contributed by atoms with van der Waals surface area (Å²) in [6.07, 6.45) is 2.75. The van der Waals surface area contributed by atoms with Crippen LogP contribution in [-0.4, -0.2) is 17.2 Å². The number of esters is 1. The Hall–Kier alpha value is -2.75. The van der Waals surface area contributed by atoms with Gasteiger partial charge in [0.2, 0.25) is 0 Å². The van der Waals surface area contributed by atoms with Crippen LogP contribution in [0.25, 0.3) is 0 Å². The number of carbonyl (C=O) groups is 1. The van der Waals surface area contributed by atoms with E-state index in [1.165, 1.54) is 6.08 Å². The highest BCUT2D eigenvalue weighted by Crippen LogP contribution is 2.31. The lowest BCUT2D eigenvalue weighted by Gasteiger charge is -2.25. The predicted molar refractivity (Wildman–Crippen MR) is 79.9 cm³/mol. The smallest absolute Gasteiger partial charge is 0.331 e. The van der Waals surface area contributed by atoms with Crippen LogP contribution in [0.1, 0.15) is 11.6 Å². The van der Waals surface area contributed by atoms with Crippen molar-refractivity contribution < 1.29 is 14.6 Å². The summed E-state index contributed by atoms with van der Waals surface area (Å²) >= 11 is 0. The molecule has 0 fully saturated rings. The number of aromatic hydroxyl groups is 1. The Morgan fingerprint density at radius 3 is 2.43 bits per heavy atom. The van der Waals surface area contributed by atoms with Crippen LogP contribution in [0.15, 0.2) is 66.7 Å². The quantitative estimate of drug-likeness (QED) is 0.668. The minimum absolute atomic E-state index is 0.159. The van der Waals surface area contributed by atoms with E-state index in [-0.39, 0.29) is 17.8 Å². The number of carbonyl (C=O) groups excluding carboxylic acids is 1. The molecule has 4 heteroatoms. The van der Waals surface area contributed by atoms with Crippen molar-refractivity contribution in [2.45, 2.75) is 12.1 Å². The fourth-order valence-corrected chi connectivity index (χ4v) is 2.34. The summed E-state index contributed by atoms with van der Waals surface area (Å²) in [5.74, 6) is -0.188. The van der Waals surface area contributed by atoms with Crippen molar-refractivity contribution in [3.8, 4) is 5.75 Å². The molecule has 2 unspecified atom stereocenters. The Balaban J connectivity index is 1.91. The first-order chi connectivity index (χ1) is 10.2. The lowest BCUT2D eigenvalue weighted by molar-refractivity contribution is -0.139. The number of phenolic OH excluding ortho intramolecular Hbond substituents is 1. The molecule has 0 aliphatic carbocycles. The SMILES string of the molecule is O=C1C=CC(C(Nc2ccccc2O)c2ccccc2)O1. The van der Waals surface area contributed by atoms with Gasteiger partial charge in [-0.05, 0) is 23.8 Å². The van der Waals surface area contributed by atoms with Gasteiger partial charge in [0, 0.05) is 6.08 Å². The molecule has 2 aromatic rings. The van der Waals surface area contributed by atoms with Gasteiger partial charge < -0.3 is 15.2 Å². The van der Waals surface area contributed by atoms with E-state index in [1.807, 2.05) is 36.4 Å². The molecular formula is C17H15NO3. The average Bonchev–Trinajstić information content (AvgIpc) is 2.93. The van der Waals surface area contributed by atoms with Gasteiger partial charge in [-0.25, -0.2) is 4.79 Å². The van der Waals surface area contributed by atoms with Gasteiger partial charge in [-0.2, -0.15) is 0 Å². The predicted octanol–water partition coefficient (Wildman–Crippen LogP) is 3.03. The van der Waals surface area contributed by atoms with Gasteiger partial charge in [0.05, 0.1) is 11.7 Å². The van der Waals surface area contributed by atoms with Gasteiger partial charge in [0.1, 0.15) is 11.9 Å². The van der Waals surface area contributed by atoms with Crippen LogP contribution in [0.5, 0.6) is 5.75 Å². The molecule has 0 radical (unpaired) electrons. The largest absolute Gasteiger partial charge is 0.506 e. The van der Waals surface area contributed by atoms with Gasteiger partial charge in [0.15, 0.2) is 0 Å². The fourth-order valence-electron chi connectivity index (χ4n) is 2.34. The van der Waals surface area contributed by atoms with E-state index in [4.69, 9.17) is 4.74 Å². The van der Waals surface area contributed by atoms with Crippen LogP contribution in [0.2, 0.25) is 0 Å². The highest BCUT2D eigenvalue weighted by molar-refractivity contribution is 5.84. The maximum Gasteiger partial charge on any atom is 0.331 e. The number of cyclic esters (lactones) is 1. The Bertz CT molecular complexity index is 667. The Morgan fingerprint density at radius 1 is 1.05 bits per heavy atom. The number of hydrogen-bond donors (Lipinski definition) is 2. The lowest BCUT2D eigenvalue weighted by atomic mass is 10.0. The molecular weight excluding hydrogens is 266 g/mol. The molecule has 0 saturated carbocycles. The molecule has 0 saturated heterocycles. The molecule has 1 heterocycles. The van der Waals surface area contributed by atoms with E-state index >= 15 is 0 Å². The van der Waals surface area contributed by atoms with E-state index in [9.17, 15) is 9.90 Å². The lowest BCUT2D eigenvalue weighted by Crippen LogP contribution is -2.25. The summed E-state index contributed by atoms with van der Waals surface area (Å²) in [7, 11) is 0. The summed E-state index contributed by atoms with van der Waals surface area (Å²) < 4.78 is 5.30. The molecule has 4 nitrogen and oxygen atoms in total. The summed E-state index contributed by atoms with van der Waals surface area (Å²) in [4.78, 5) is 11.3. The molecule has 1 aliphatic rings. The van der Waals surface area contributed by atoms with Crippen LogP contribution in [0, 0.1) is 0 Å². The number of phenols is 1. The van der Waals surface area contributed by atoms with E-state index in [0.717, 1.165) is 5.56 Å². The van der Waals surface area contributed by atoms with Crippen LogP contribution >= 0.6 is 0 Å². The van der Waals surface area contributed by atoms with Crippen molar-refractivity contribution in [2.24, 2.45) is 0 Å². The molecule has 2 N–H and O–H groups in total. The van der Waals surface area contributed by atoms with Crippen molar-refractivity contribution in [1.82, 2.24) is 0 Å². The van der Waals surface area contributed by atoms with Crippen molar-refractivity contribution in [3.05, 3.63) is 72.3 Å².